The molecule has 1 aliphatic rings. The van der Waals surface area contributed by atoms with Gasteiger partial charge in [-0.1, -0.05) is 6.92 Å². The molecule has 1 aromatic rings. The van der Waals surface area contributed by atoms with Gasteiger partial charge in [-0.15, -0.1) is 0 Å². The van der Waals surface area contributed by atoms with Crippen LogP contribution in [0.2, 0.25) is 0 Å². The first-order chi connectivity index (χ1) is 11.0. The van der Waals surface area contributed by atoms with Crippen molar-refractivity contribution in [3.05, 3.63) is 12.1 Å². The maximum atomic E-state index is 12.6. The number of hydrogen-bond acceptors (Lipinski definition) is 7. The van der Waals surface area contributed by atoms with E-state index in [-0.39, 0.29) is 30.8 Å². The number of rotatable bonds is 6. The molecule has 0 saturated heterocycles. The molecule has 1 aliphatic heterocycles. The Balaban J connectivity index is 2.29. The number of fused-ring (bicyclic) bond motifs is 1. The Kier molecular flexibility index (Phi) is 5.38. The molecule has 0 aromatic carbocycles. The molecular formula is C15H21N3O5. The number of aromatic nitrogens is 1. The van der Waals surface area contributed by atoms with E-state index in [4.69, 9.17) is 19.9 Å². The van der Waals surface area contributed by atoms with Gasteiger partial charge in [-0.3, -0.25) is 9.69 Å². The van der Waals surface area contributed by atoms with Crippen molar-refractivity contribution in [3.8, 4) is 5.75 Å². The molecule has 0 fully saturated rings. The Morgan fingerprint density at radius 3 is 2.87 bits per heavy atom. The minimum Gasteiger partial charge on any atom is -0.477 e. The molecule has 1 amide bonds. The van der Waals surface area contributed by atoms with E-state index in [1.807, 2.05) is 6.92 Å². The lowest BCUT2D eigenvalue weighted by molar-refractivity contribution is -0.147. The van der Waals surface area contributed by atoms with Crippen molar-refractivity contribution in [1.29, 1.82) is 0 Å². The lowest BCUT2D eigenvalue weighted by Gasteiger charge is -2.35. The third-order valence-corrected chi connectivity index (χ3v) is 3.50. The standard InChI is InChI=1S/C15H21N3O5/c1-4-10-14(19)18(9(2)15(20)22-8-7-21-3)13-11(23-10)5-6-12(16)17-13/h5-6,9-10H,4,7-8H2,1-3H3,(H2,16,17). The Labute approximate surface area is 134 Å². The molecule has 0 spiro atoms. The van der Waals surface area contributed by atoms with Gasteiger partial charge in [0.2, 0.25) is 0 Å². The Morgan fingerprint density at radius 1 is 1.48 bits per heavy atom. The number of carbonyl (C=O) groups excluding carboxylic acids is 2. The monoisotopic (exact) mass is 323 g/mol. The zero-order valence-electron chi connectivity index (χ0n) is 13.4. The molecule has 8 heteroatoms. The van der Waals surface area contributed by atoms with Crippen molar-refractivity contribution in [3.63, 3.8) is 0 Å². The third-order valence-electron chi connectivity index (χ3n) is 3.50. The molecule has 2 rings (SSSR count). The van der Waals surface area contributed by atoms with Gasteiger partial charge in [0.25, 0.3) is 5.91 Å². The first-order valence-electron chi connectivity index (χ1n) is 7.41. The minimum absolute atomic E-state index is 0.118. The van der Waals surface area contributed by atoms with Gasteiger partial charge in [-0.25, -0.2) is 9.78 Å². The summed E-state index contributed by atoms with van der Waals surface area (Å²) in [5.74, 6) is 0.00903. The average Bonchev–Trinajstić information content (AvgIpc) is 2.54. The summed E-state index contributed by atoms with van der Waals surface area (Å²) in [6.45, 7) is 3.82. The molecule has 2 N–H and O–H groups in total. The van der Waals surface area contributed by atoms with Crippen LogP contribution in [0.1, 0.15) is 20.3 Å². The highest BCUT2D eigenvalue weighted by Crippen LogP contribution is 2.35. The van der Waals surface area contributed by atoms with Crippen LogP contribution in [-0.2, 0) is 19.1 Å². The summed E-state index contributed by atoms with van der Waals surface area (Å²) in [4.78, 5) is 30.2. The maximum absolute atomic E-state index is 12.6. The summed E-state index contributed by atoms with van der Waals surface area (Å²) in [5, 5.41) is 0. The second kappa shape index (κ2) is 7.28. The molecule has 2 atom stereocenters. The smallest absolute Gasteiger partial charge is 0.329 e. The predicted molar refractivity (Wildman–Crippen MR) is 83.1 cm³/mol. The van der Waals surface area contributed by atoms with E-state index in [2.05, 4.69) is 4.98 Å². The second-order valence-electron chi connectivity index (χ2n) is 5.12. The van der Waals surface area contributed by atoms with Crippen LogP contribution in [0.4, 0.5) is 11.6 Å². The molecule has 0 aliphatic carbocycles. The van der Waals surface area contributed by atoms with Gasteiger partial charge in [0.05, 0.1) is 6.61 Å². The number of methoxy groups -OCH3 is 1. The van der Waals surface area contributed by atoms with Gasteiger partial charge in [0, 0.05) is 7.11 Å². The topological polar surface area (TPSA) is 104 Å². The molecule has 1 aromatic heterocycles. The van der Waals surface area contributed by atoms with Crippen LogP contribution in [0.25, 0.3) is 0 Å². The summed E-state index contributed by atoms with van der Waals surface area (Å²) in [7, 11) is 1.51. The number of amides is 1. The molecule has 2 heterocycles. The van der Waals surface area contributed by atoms with E-state index >= 15 is 0 Å². The normalized spacial score (nSPS) is 18.1. The van der Waals surface area contributed by atoms with E-state index in [1.165, 1.54) is 12.0 Å². The van der Waals surface area contributed by atoms with Crippen LogP contribution in [-0.4, -0.2) is 49.3 Å². The summed E-state index contributed by atoms with van der Waals surface area (Å²) in [6.07, 6.45) is -0.188. The van der Waals surface area contributed by atoms with Crippen LogP contribution in [0.15, 0.2) is 12.1 Å². The van der Waals surface area contributed by atoms with E-state index in [1.54, 1.807) is 19.1 Å². The van der Waals surface area contributed by atoms with Crippen molar-refractivity contribution in [2.45, 2.75) is 32.4 Å². The fourth-order valence-corrected chi connectivity index (χ4v) is 2.26. The fraction of sp³-hybridized carbons (Fsp3) is 0.533. The van der Waals surface area contributed by atoms with E-state index < -0.39 is 18.1 Å². The van der Waals surface area contributed by atoms with E-state index in [0.717, 1.165) is 0 Å². The van der Waals surface area contributed by atoms with Crippen molar-refractivity contribution >= 4 is 23.5 Å². The Hall–Kier alpha value is -2.35. The van der Waals surface area contributed by atoms with Gasteiger partial charge in [0.1, 0.15) is 18.5 Å². The molecular weight excluding hydrogens is 302 g/mol. The van der Waals surface area contributed by atoms with Crippen LogP contribution in [0, 0.1) is 0 Å². The quantitative estimate of drug-likeness (QED) is 0.608. The lowest BCUT2D eigenvalue weighted by Crippen LogP contribution is -2.53. The molecule has 0 bridgehead atoms. The number of carbonyl (C=O) groups is 2. The maximum Gasteiger partial charge on any atom is 0.329 e. The molecule has 0 saturated carbocycles. The number of hydrogen-bond donors (Lipinski definition) is 1. The molecule has 126 valence electrons. The highest BCUT2D eigenvalue weighted by molar-refractivity contribution is 6.03. The highest BCUT2D eigenvalue weighted by atomic mass is 16.6. The van der Waals surface area contributed by atoms with Crippen molar-refractivity contribution < 1.29 is 23.8 Å². The number of pyridine rings is 1. The van der Waals surface area contributed by atoms with Gasteiger partial charge in [-0.05, 0) is 25.5 Å². The number of nitrogens with zero attached hydrogens (tertiary/aromatic N) is 2. The largest absolute Gasteiger partial charge is 0.477 e. The zero-order valence-corrected chi connectivity index (χ0v) is 13.4. The zero-order chi connectivity index (χ0) is 17.0. The lowest BCUT2D eigenvalue weighted by atomic mass is 10.1. The Bertz CT molecular complexity index is 592. The summed E-state index contributed by atoms with van der Waals surface area (Å²) < 4.78 is 15.6. The number of nitrogen functional groups attached to an aromatic ring is 1. The fourth-order valence-electron chi connectivity index (χ4n) is 2.26. The highest BCUT2D eigenvalue weighted by Gasteiger charge is 2.40. The van der Waals surface area contributed by atoms with Crippen LogP contribution in [0.5, 0.6) is 5.75 Å². The number of nitrogens with two attached hydrogens (primary N) is 1. The van der Waals surface area contributed by atoms with Gasteiger partial charge in [-0.2, -0.15) is 0 Å². The number of esters is 1. The molecule has 2 unspecified atom stereocenters. The van der Waals surface area contributed by atoms with Crippen LogP contribution in [0.3, 0.4) is 0 Å². The Morgan fingerprint density at radius 2 is 2.22 bits per heavy atom. The van der Waals surface area contributed by atoms with Crippen LogP contribution >= 0.6 is 0 Å². The molecule has 0 radical (unpaired) electrons. The van der Waals surface area contributed by atoms with Crippen molar-refractivity contribution in [1.82, 2.24) is 4.98 Å². The van der Waals surface area contributed by atoms with E-state index in [0.29, 0.717) is 12.2 Å². The molecule has 23 heavy (non-hydrogen) atoms. The first-order valence-corrected chi connectivity index (χ1v) is 7.41. The van der Waals surface area contributed by atoms with Crippen molar-refractivity contribution in [2.24, 2.45) is 0 Å². The third kappa shape index (κ3) is 3.53. The van der Waals surface area contributed by atoms with Gasteiger partial charge in [0.15, 0.2) is 17.7 Å². The molecule has 8 nitrogen and oxygen atoms in total. The van der Waals surface area contributed by atoms with Gasteiger partial charge < -0.3 is 19.9 Å². The first kappa shape index (κ1) is 17.0. The summed E-state index contributed by atoms with van der Waals surface area (Å²) in [6, 6.07) is 2.38. The van der Waals surface area contributed by atoms with E-state index in [9.17, 15) is 9.59 Å². The van der Waals surface area contributed by atoms with Gasteiger partial charge >= 0.3 is 5.97 Å². The van der Waals surface area contributed by atoms with Crippen LogP contribution < -0.4 is 15.4 Å². The summed E-state index contributed by atoms with van der Waals surface area (Å²) >= 11 is 0. The SMILES string of the molecule is CCC1Oc2ccc(N)nc2N(C(C)C(=O)OCCOC)C1=O. The predicted octanol–water partition coefficient (Wildman–Crippen LogP) is 0.746. The summed E-state index contributed by atoms with van der Waals surface area (Å²) in [5.41, 5.74) is 5.69. The number of ether oxygens (including phenoxy) is 3. The average molecular weight is 323 g/mol. The number of anilines is 2. The minimum atomic E-state index is -0.842. The second-order valence-corrected chi connectivity index (χ2v) is 5.12. The van der Waals surface area contributed by atoms with Crippen molar-refractivity contribution in [2.75, 3.05) is 31.0 Å².